The number of unbranched alkanes of at least 4 members (excludes halogenated alkanes) is 15. The van der Waals surface area contributed by atoms with Gasteiger partial charge in [-0.3, -0.25) is 0 Å². The molecule has 0 aliphatic rings. The van der Waals surface area contributed by atoms with Crippen molar-refractivity contribution in [3.63, 3.8) is 0 Å². The Hall–Kier alpha value is 0.674. The zero-order valence-corrected chi connectivity index (χ0v) is 15.5. The van der Waals surface area contributed by atoms with Gasteiger partial charge in [-0.25, -0.2) is 0 Å². The van der Waals surface area contributed by atoms with Gasteiger partial charge in [0.15, 0.2) is 0 Å². The summed E-state index contributed by atoms with van der Waals surface area (Å²) in [7, 11) is 0. The number of rotatable bonds is 16. The minimum Gasteiger partial charge on any atom is -0.854 e. The van der Waals surface area contributed by atoms with E-state index < -0.39 is 0 Å². The molecule has 0 amide bonds. The van der Waals surface area contributed by atoms with Crippen LogP contribution in [0.3, 0.4) is 0 Å². The molecular weight excluding hydrogens is 280 g/mol. The van der Waals surface area contributed by atoms with Gasteiger partial charge >= 0.3 is 0 Å². The van der Waals surface area contributed by atoms with E-state index in [4.69, 9.17) is 0 Å². The molecule has 0 heterocycles. The first-order valence-electron chi connectivity index (χ1n) is 9.00. The van der Waals surface area contributed by atoms with Crippen LogP contribution in [0.1, 0.15) is 110 Å². The Labute approximate surface area is 143 Å². The third-order valence-corrected chi connectivity index (χ3v) is 4.00. The summed E-state index contributed by atoms with van der Waals surface area (Å²) in [5.74, 6) is 0. The van der Waals surface area contributed by atoms with Gasteiger partial charge in [0.25, 0.3) is 0 Å². The predicted molar refractivity (Wildman–Crippen MR) is 84.4 cm³/mol. The van der Waals surface area contributed by atoms with Crippen molar-refractivity contribution in [2.24, 2.45) is 0 Å². The maximum Gasteiger partial charge on any atom is 0 e. The van der Waals surface area contributed by atoms with Gasteiger partial charge in [0.1, 0.15) is 0 Å². The molecule has 1 nitrogen and oxygen atoms in total. The maximum atomic E-state index is 10.3. The molecule has 0 aliphatic carbocycles. The van der Waals surface area contributed by atoms with Crippen LogP contribution in [-0.2, 0) is 21.7 Å². The van der Waals surface area contributed by atoms with Crippen molar-refractivity contribution in [1.82, 2.24) is 0 Å². The fourth-order valence-corrected chi connectivity index (χ4v) is 2.65. The van der Waals surface area contributed by atoms with Crippen LogP contribution in [0.5, 0.6) is 0 Å². The Morgan fingerprint density at radius 2 is 0.700 bits per heavy atom. The molecule has 0 aliphatic heterocycles. The zero-order chi connectivity index (χ0) is 14.0. The van der Waals surface area contributed by atoms with Crippen LogP contribution >= 0.6 is 0 Å². The summed E-state index contributed by atoms with van der Waals surface area (Å²) in [4.78, 5) is 0. The molecule has 0 aromatic carbocycles. The van der Waals surface area contributed by atoms with Gasteiger partial charge in [-0.05, 0) is 0 Å². The fraction of sp³-hybridized carbons (Fsp3) is 1.00. The van der Waals surface area contributed by atoms with E-state index in [0.717, 1.165) is 12.8 Å². The van der Waals surface area contributed by atoms with E-state index >= 15 is 0 Å². The molecule has 0 saturated carbocycles. The van der Waals surface area contributed by atoms with Gasteiger partial charge in [0, 0.05) is 21.7 Å². The number of hydrogen-bond donors (Lipinski definition) is 0. The molecule has 0 aromatic rings. The molecule has 0 aromatic heterocycles. The predicted octanol–water partition coefficient (Wildman–Crippen LogP) is 5.61. The summed E-state index contributed by atoms with van der Waals surface area (Å²) in [6, 6.07) is 0. The average molecular weight is 317 g/mol. The molecule has 2 heteroatoms. The van der Waals surface area contributed by atoms with E-state index in [1.165, 1.54) is 89.9 Å². The zero-order valence-electron chi connectivity index (χ0n) is 13.9. The van der Waals surface area contributed by atoms with Crippen LogP contribution in [-0.4, -0.2) is 6.61 Å². The van der Waals surface area contributed by atoms with Crippen LogP contribution in [0.4, 0.5) is 0 Å². The van der Waals surface area contributed by atoms with Crippen molar-refractivity contribution in [3.05, 3.63) is 0 Å². The topological polar surface area (TPSA) is 23.1 Å². The summed E-state index contributed by atoms with van der Waals surface area (Å²) in [5.41, 5.74) is 0. The molecule has 0 fully saturated rings. The average Bonchev–Trinajstić information content (AvgIpc) is 2.43. The van der Waals surface area contributed by atoms with Crippen molar-refractivity contribution < 1.29 is 26.8 Å². The fourth-order valence-electron chi connectivity index (χ4n) is 2.65. The van der Waals surface area contributed by atoms with E-state index in [1.807, 2.05) is 0 Å². The van der Waals surface area contributed by atoms with Crippen molar-refractivity contribution in [1.29, 1.82) is 0 Å². The molecule has 0 N–H and O–H groups in total. The normalized spacial score (nSPS) is 10.5. The van der Waals surface area contributed by atoms with E-state index in [-0.39, 0.29) is 28.3 Å². The first-order chi connectivity index (χ1) is 9.41. The molecule has 0 atom stereocenters. The van der Waals surface area contributed by atoms with Crippen molar-refractivity contribution in [2.75, 3.05) is 6.61 Å². The van der Waals surface area contributed by atoms with Gasteiger partial charge in [-0.15, -0.1) is 6.61 Å². The van der Waals surface area contributed by atoms with Gasteiger partial charge in [-0.1, -0.05) is 110 Å². The van der Waals surface area contributed by atoms with Crippen LogP contribution in [0.15, 0.2) is 0 Å². The smallest absolute Gasteiger partial charge is 0 e. The van der Waals surface area contributed by atoms with Crippen LogP contribution in [0.2, 0.25) is 0 Å². The summed E-state index contributed by atoms with van der Waals surface area (Å²) in [6.07, 6.45) is 21.8. The Morgan fingerprint density at radius 1 is 0.450 bits per heavy atom. The quantitative estimate of drug-likeness (QED) is 0.268. The Morgan fingerprint density at radius 3 is 0.950 bits per heavy atom. The van der Waals surface area contributed by atoms with E-state index in [0.29, 0.717) is 0 Å². The maximum absolute atomic E-state index is 10.3. The number of hydrogen-bond acceptors (Lipinski definition) is 1. The monoisotopic (exact) mass is 317 g/mol. The Bertz CT molecular complexity index is 134. The molecular formula is C18H37OTi-. The molecule has 120 valence electrons. The molecule has 0 saturated heterocycles. The van der Waals surface area contributed by atoms with E-state index in [9.17, 15) is 5.11 Å². The molecule has 20 heavy (non-hydrogen) atoms. The SMILES string of the molecule is CCCCCCCCCCCCCCCCCC[O-].[Ti]. The summed E-state index contributed by atoms with van der Waals surface area (Å²) >= 11 is 0. The molecule has 0 rings (SSSR count). The molecule has 0 bridgehead atoms. The summed E-state index contributed by atoms with van der Waals surface area (Å²) < 4.78 is 0. The van der Waals surface area contributed by atoms with E-state index in [1.54, 1.807) is 0 Å². The Balaban J connectivity index is 0. The standard InChI is InChI=1S/C18H37O.Ti/c1-2-3-4-5-6-7-8-9-10-11-12-13-14-15-16-17-18-19;/h2-18H2,1H3;/q-1;. The molecule has 0 spiro atoms. The summed E-state index contributed by atoms with van der Waals surface area (Å²) in [5, 5.41) is 10.3. The summed E-state index contributed by atoms with van der Waals surface area (Å²) in [6.45, 7) is 2.41. The second kappa shape index (κ2) is 22.0. The van der Waals surface area contributed by atoms with Gasteiger partial charge in [-0.2, -0.15) is 0 Å². The minimum atomic E-state index is 0. The first kappa shape index (κ1) is 22.9. The van der Waals surface area contributed by atoms with Crippen molar-refractivity contribution in [3.8, 4) is 0 Å². The van der Waals surface area contributed by atoms with Crippen molar-refractivity contribution >= 4 is 0 Å². The third kappa shape index (κ3) is 21.0. The first-order valence-corrected chi connectivity index (χ1v) is 9.00. The van der Waals surface area contributed by atoms with Crippen LogP contribution < -0.4 is 5.11 Å². The largest absolute Gasteiger partial charge is 0.854 e. The molecule has 0 unspecified atom stereocenters. The van der Waals surface area contributed by atoms with Gasteiger partial charge < -0.3 is 5.11 Å². The van der Waals surface area contributed by atoms with Gasteiger partial charge in [0.2, 0.25) is 0 Å². The molecule has 0 radical (unpaired) electrons. The Kier molecular flexibility index (Phi) is 25.2. The third-order valence-electron chi connectivity index (χ3n) is 4.00. The second-order valence-electron chi connectivity index (χ2n) is 6.01. The van der Waals surface area contributed by atoms with Gasteiger partial charge in [0.05, 0.1) is 0 Å². The van der Waals surface area contributed by atoms with E-state index in [2.05, 4.69) is 6.92 Å². The second-order valence-corrected chi connectivity index (χ2v) is 6.01. The minimum absolute atomic E-state index is 0. The van der Waals surface area contributed by atoms with Crippen molar-refractivity contribution in [2.45, 2.75) is 110 Å². The van der Waals surface area contributed by atoms with Crippen LogP contribution in [0.25, 0.3) is 0 Å². The van der Waals surface area contributed by atoms with Crippen LogP contribution in [0, 0.1) is 0 Å².